The SMILES string of the molecule is CCCCCC[C@@H](NCc1cccc(Cl)c1)c1ncc(-c2ccccc2)[nH]1. The van der Waals surface area contributed by atoms with Gasteiger partial charge in [0.05, 0.1) is 17.9 Å². The maximum atomic E-state index is 6.12. The Morgan fingerprint density at radius 2 is 1.89 bits per heavy atom. The van der Waals surface area contributed by atoms with E-state index >= 15 is 0 Å². The molecular weight excluding hydrogens is 354 g/mol. The van der Waals surface area contributed by atoms with E-state index in [-0.39, 0.29) is 6.04 Å². The highest BCUT2D eigenvalue weighted by molar-refractivity contribution is 6.30. The van der Waals surface area contributed by atoms with E-state index < -0.39 is 0 Å². The Hall–Kier alpha value is -2.10. The van der Waals surface area contributed by atoms with Crippen molar-refractivity contribution in [2.24, 2.45) is 0 Å². The fourth-order valence-electron chi connectivity index (χ4n) is 3.28. The Labute approximate surface area is 167 Å². The summed E-state index contributed by atoms with van der Waals surface area (Å²) in [5.74, 6) is 1.01. The molecule has 3 nitrogen and oxygen atoms in total. The van der Waals surface area contributed by atoms with Crippen LogP contribution in [0.4, 0.5) is 0 Å². The van der Waals surface area contributed by atoms with E-state index in [1.54, 1.807) is 0 Å². The average Bonchev–Trinajstić information content (AvgIpc) is 3.18. The van der Waals surface area contributed by atoms with Gasteiger partial charge in [-0.05, 0) is 29.7 Å². The number of hydrogen-bond donors (Lipinski definition) is 2. The molecular formula is C23H28ClN3. The summed E-state index contributed by atoms with van der Waals surface area (Å²) in [5, 5.41) is 4.44. The van der Waals surface area contributed by atoms with Crippen LogP contribution < -0.4 is 5.32 Å². The number of aromatic amines is 1. The average molecular weight is 382 g/mol. The summed E-state index contributed by atoms with van der Waals surface area (Å²) in [7, 11) is 0. The molecule has 0 aliphatic rings. The number of rotatable bonds is 10. The summed E-state index contributed by atoms with van der Waals surface area (Å²) in [6.07, 6.45) is 8.00. The standard InChI is InChI=1S/C23H28ClN3/c1-2-3-4-8-14-21(25-16-18-10-9-13-20(24)15-18)23-26-17-22(27-23)19-11-6-5-7-12-19/h5-7,9-13,15,17,21,25H,2-4,8,14,16H2,1H3,(H,26,27)/t21-/m1/s1. The highest BCUT2D eigenvalue weighted by Gasteiger charge is 2.15. The molecule has 0 amide bonds. The smallest absolute Gasteiger partial charge is 0.123 e. The van der Waals surface area contributed by atoms with Gasteiger partial charge in [0.1, 0.15) is 5.82 Å². The first kappa shape index (κ1) is 19.7. The fourth-order valence-corrected chi connectivity index (χ4v) is 3.49. The number of nitrogens with one attached hydrogen (secondary N) is 2. The Kier molecular flexibility index (Phi) is 7.49. The number of imidazole rings is 1. The molecule has 2 N–H and O–H groups in total. The van der Waals surface area contributed by atoms with Crippen LogP contribution in [0.3, 0.4) is 0 Å². The molecule has 0 bridgehead atoms. The van der Waals surface area contributed by atoms with Crippen LogP contribution in [0, 0.1) is 0 Å². The normalized spacial score (nSPS) is 12.2. The predicted molar refractivity (Wildman–Crippen MR) is 114 cm³/mol. The van der Waals surface area contributed by atoms with Crippen molar-refractivity contribution >= 4 is 11.6 Å². The molecule has 3 rings (SSSR count). The molecule has 27 heavy (non-hydrogen) atoms. The van der Waals surface area contributed by atoms with Crippen molar-refractivity contribution in [1.82, 2.24) is 15.3 Å². The fraction of sp³-hybridized carbons (Fsp3) is 0.348. The zero-order chi connectivity index (χ0) is 18.9. The van der Waals surface area contributed by atoms with E-state index in [9.17, 15) is 0 Å². The Morgan fingerprint density at radius 3 is 2.67 bits per heavy atom. The molecule has 2 aromatic carbocycles. The first-order valence-corrected chi connectivity index (χ1v) is 10.2. The number of halogens is 1. The van der Waals surface area contributed by atoms with Crippen LogP contribution in [-0.2, 0) is 6.54 Å². The van der Waals surface area contributed by atoms with E-state index in [0.29, 0.717) is 0 Å². The first-order valence-electron chi connectivity index (χ1n) is 9.84. The van der Waals surface area contributed by atoms with Crippen molar-refractivity contribution in [3.63, 3.8) is 0 Å². The van der Waals surface area contributed by atoms with Gasteiger partial charge in [0.15, 0.2) is 0 Å². The van der Waals surface area contributed by atoms with Crippen LogP contribution in [0.5, 0.6) is 0 Å². The van der Waals surface area contributed by atoms with E-state index in [2.05, 4.69) is 52.5 Å². The lowest BCUT2D eigenvalue weighted by Crippen LogP contribution is -2.22. The number of unbranched alkanes of at least 4 members (excludes halogenated alkanes) is 3. The molecule has 0 fully saturated rings. The summed E-state index contributed by atoms with van der Waals surface area (Å²) < 4.78 is 0. The maximum Gasteiger partial charge on any atom is 0.123 e. The van der Waals surface area contributed by atoms with Crippen molar-refractivity contribution in [3.05, 3.63) is 77.2 Å². The van der Waals surface area contributed by atoms with Crippen molar-refractivity contribution in [1.29, 1.82) is 0 Å². The third-order valence-corrected chi connectivity index (χ3v) is 5.03. The van der Waals surface area contributed by atoms with Gasteiger partial charge in [0, 0.05) is 11.6 Å². The van der Waals surface area contributed by atoms with Gasteiger partial charge in [-0.2, -0.15) is 0 Å². The molecule has 0 aliphatic heterocycles. The van der Waals surface area contributed by atoms with Crippen LogP contribution in [-0.4, -0.2) is 9.97 Å². The van der Waals surface area contributed by atoms with Crippen LogP contribution in [0.25, 0.3) is 11.3 Å². The molecule has 1 heterocycles. The third kappa shape index (κ3) is 5.95. The minimum atomic E-state index is 0.207. The van der Waals surface area contributed by atoms with Crippen molar-refractivity contribution in [2.45, 2.75) is 51.6 Å². The minimum absolute atomic E-state index is 0.207. The highest BCUT2D eigenvalue weighted by Crippen LogP contribution is 2.23. The van der Waals surface area contributed by atoms with E-state index in [1.165, 1.54) is 31.2 Å². The summed E-state index contributed by atoms with van der Waals surface area (Å²) in [4.78, 5) is 8.20. The molecule has 4 heteroatoms. The zero-order valence-corrected chi connectivity index (χ0v) is 16.7. The van der Waals surface area contributed by atoms with Crippen molar-refractivity contribution in [2.75, 3.05) is 0 Å². The van der Waals surface area contributed by atoms with E-state index in [0.717, 1.165) is 35.1 Å². The molecule has 0 saturated carbocycles. The number of hydrogen-bond acceptors (Lipinski definition) is 2. The lowest BCUT2D eigenvalue weighted by molar-refractivity contribution is 0.453. The topological polar surface area (TPSA) is 40.7 Å². The number of aromatic nitrogens is 2. The van der Waals surface area contributed by atoms with Gasteiger partial charge in [-0.15, -0.1) is 0 Å². The summed E-state index contributed by atoms with van der Waals surface area (Å²) in [6.45, 7) is 3.02. The quantitative estimate of drug-likeness (QED) is 0.392. The number of H-pyrrole nitrogens is 1. The Bertz CT molecular complexity index is 813. The van der Waals surface area contributed by atoms with Gasteiger partial charge < -0.3 is 10.3 Å². The number of nitrogens with zero attached hydrogens (tertiary/aromatic N) is 1. The lowest BCUT2D eigenvalue weighted by atomic mass is 10.1. The molecule has 0 saturated heterocycles. The monoisotopic (exact) mass is 381 g/mol. The number of benzene rings is 2. The summed E-state index contributed by atoms with van der Waals surface area (Å²) in [6, 6.07) is 18.6. The van der Waals surface area contributed by atoms with Gasteiger partial charge in [0.25, 0.3) is 0 Å². The second-order valence-electron chi connectivity index (χ2n) is 6.96. The summed E-state index contributed by atoms with van der Waals surface area (Å²) >= 11 is 6.12. The van der Waals surface area contributed by atoms with Gasteiger partial charge >= 0.3 is 0 Å². The van der Waals surface area contributed by atoms with E-state index in [4.69, 9.17) is 11.6 Å². The molecule has 1 aromatic heterocycles. The summed E-state index contributed by atoms with van der Waals surface area (Å²) in [5.41, 5.74) is 3.42. The van der Waals surface area contributed by atoms with Gasteiger partial charge in [-0.25, -0.2) is 4.98 Å². The van der Waals surface area contributed by atoms with E-state index in [1.807, 2.05) is 30.5 Å². The Balaban J connectivity index is 1.70. The maximum absolute atomic E-state index is 6.12. The highest BCUT2D eigenvalue weighted by atomic mass is 35.5. The van der Waals surface area contributed by atoms with Crippen LogP contribution in [0.15, 0.2) is 60.8 Å². The molecule has 0 spiro atoms. The predicted octanol–water partition coefficient (Wildman–Crippen LogP) is 6.53. The first-order chi connectivity index (χ1) is 13.3. The molecule has 0 radical (unpaired) electrons. The van der Waals surface area contributed by atoms with Crippen LogP contribution >= 0.6 is 11.6 Å². The van der Waals surface area contributed by atoms with Crippen molar-refractivity contribution in [3.8, 4) is 11.3 Å². The van der Waals surface area contributed by atoms with Crippen LogP contribution in [0.1, 0.15) is 56.5 Å². The minimum Gasteiger partial charge on any atom is -0.341 e. The van der Waals surface area contributed by atoms with Gasteiger partial charge in [0.2, 0.25) is 0 Å². The molecule has 0 aliphatic carbocycles. The largest absolute Gasteiger partial charge is 0.341 e. The Morgan fingerprint density at radius 1 is 1.04 bits per heavy atom. The third-order valence-electron chi connectivity index (χ3n) is 4.80. The second kappa shape index (κ2) is 10.3. The van der Waals surface area contributed by atoms with Gasteiger partial charge in [-0.1, -0.05) is 86.7 Å². The second-order valence-corrected chi connectivity index (χ2v) is 7.40. The molecule has 0 unspecified atom stereocenters. The molecule has 3 aromatic rings. The van der Waals surface area contributed by atoms with Gasteiger partial charge in [-0.3, -0.25) is 0 Å². The molecule has 142 valence electrons. The van der Waals surface area contributed by atoms with Crippen molar-refractivity contribution < 1.29 is 0 Å². The zero-order valence-electron chi connectivity index (χ0n) is 15.9. The molecule has 1 atom stereocenters. The lowest BCUT2D eigenvalue weighted by Gasteiger charge is -2.17. The van der Waals surface area contributed by atoms with Crippen LogP contribution in [0.2, 0.25) is 5.02 Å².